The van der Waals surface area contributed by atoms with Crippen LogP contribution in [0.2, 0.25) is 23.3 Å². The van der Waals surface area contributed by atoms with E-state index in [1.54, 1.807) is 10.9 Å². The van der Waals surface area contributed by atoms with E-state index in [1.807, 2.05) is 12.1 Å². The zero-order chi connectivity index (χ0) is 19.8. The van der Waals surface area contributed by atoms with Crippen LogP contribution in [0, 0.1) is 6.08 Å². The van der Waals surface area contributed by atoms with Crippen LogP contribution in [0.3, 0.4) is 0 Å². The highest BCUT2D eigenvalue weighted by Gasteiger charge is 2.38. The van der Waals surface area contributed by atoms with E-state index in [1.165, 1.54) is 0 Å². The van der Waals surface area contributed by atoms with Gasteiger partial charge in [0.15, 0.2) is 10.8 Å². The number of halogens is 2. The summed E-state index contributed by atoms with van der Waals surface area (Å²) in [6.45, 7) is 11.7. The molecule has 0 saturated heterocycles. The lowest BCUT2D eigenvalue weighted by molar-refractivity contribution is 0.491. The quantitative estimate of drug-likeness (QED) is 0.330. The molecule has 0 spiro atoms. The van der Waals surface area contributed by atoms with Crippen molar-refractivity contribution in [3.63, 3.8) is 0 Å². The maximum atomic E-state index is 13.5. The highest BCUT2D eigenvalue weighted by molar-refractivity contribution is 6.74. The highest BCUT2D eigenvalue weighted by atomic mass is 35.5. The molecule has 3 rings (SSSR count). The van der Waals surface area contributed by atoms with E-state index in [0.29, 0.717) is 17.7 Å². The first-order chi connectivity index (χ1) is 12.6. The van der Waals surface area contributed by atoms with Crippen molar-refractivity contribution < 1.29 is 8.82 Å². The second-order valence-corrected chi connectivity index (χ2v) is 13.2. The molecule has 0 aliphatic rings. The van der Waals surface area contributed by atoms with Gasteiger partial charge in [-0.3, -0.25) is 0 Å². The predicted octanol–water partition coefficient (Wildman–Crippen LogP) is 5.25. The van der Waals surface area contributed by atoms with Gasteiger partial charge in [-0.25, -0.2) is 4.98 Å². The maximum absolute atomic E-state index is 13.5. The minimum Gasteiger partial charge on any atom is -0.543 e. The third-order valence-electron chi connectivity index (χ3n) is 5.11. The lowest BCUT2D eigenvalue weighted by Crippen LogP contribution is -2.43. The number of hydrogen-bond donors (Lipinski definition) is 0. The Labute approximate surface area is 164 Å². The van der Waals surface area contributed by atoms with Crippen LogP contribution >= 0.6 is 11.6 Å². The Morgan fingerprint density at radius 1 is 1.22 bits per heavy atom. The fourth-order valence-corrected chi connectivity index (χ4v) is 3.74. The Balaban J connectivity index is 1.76. The fourth-order valence-electron chi connectivity index (χ4n) is 2.51. The summed E-state index contributed by atoms with van der Waals surface area (Å²) in [5.41, 5.74) is 1.95. The van der Waals surface area contributed by atoms with Crippen molar-refractivity contribution in [1.29, 1.82) is 0 Å². The topological polar surface area (TPSA) is 52.8 Å². The van der Waals surface area contributed by atoms with E-state index < -0.39 is 14.4 Å². The van der Waals surface area contributed by atoms with Crippen LogP contribution in [0.1, 0.15) is 26.3 Å². The molecule has 0 unspecified atom stereocenters. The molecule has 0 amide bonds. The second-order valence-electron chi connectivity index (χ2n) is 8.15. The van der Waals surface area contributed by atoms with Crippen molar-refractivity contribution in [3.8, 4) is 5.75 Å². The number of nitrogens with zero attached hydrogens (tertiary/aromatic N) is 4. The number of imidazole rings is 1. The largest absolute Gasteiger partial charge is 0.543 e. The molecule has 2 heterocycles. The molecule has 0 N–H and O–H groups in total. The van der Waals surface area contributed by atoms with Crippen LogP contribution in [0.25, 0.3) is 11.2 Å². The van der Waals surface area contributed by atoms with Crippen LogP contribution in [-0.4, -0.2) is 27.8 Å². The third-order valence-corrected chi connectivity index (χ3v) is 9.73. The number of rotatable bonds is 5. The van der Waals surface area contributed by atoms with Crippen molar-refractivity contribution >= 4 is 31.1 Å². The average Bonchev–Trinajstić information content (AvgIpc) is 2.95. The summed E-state index contributed by atoms with van der Waals surface area (Å²) in [7, 11) is -1.88. The van der Waals surface area contributed by atoms with Crippen molar-refractivity contribution in [3.05, 3.63) is 47.4 Å². The Kier molecular flexibility index (Phi) is 5.27. The fraction of sp³-hybridized carbons (Fsp3) is 0.421. The first-order valence-corrected chi connectivity index (χ1v) is 12.2. The maximum Gasteiger partial charge on any atom is 0.312 e. The predicted molar refractivity (Wildman–Crippen MR) is 108 cm³/mol. The Bertz CT molecular complexity index is 968. The lowest BCUT2D eigenvalue weighted by atomic mass is 10.1. The third kappa shape index (κ3) is 4.30. The van der Waals surface area contributed by atoms with Gasteiger partial charge in [-0.05, 0) is 42.2 Å². The van der Waals surface area contributed by atoms with Gasteiger partial charge in [0.25, 0.3) is 0 Å². The van der Waals surface area contributed by atoms with E-state index >= 15 is 0 Å². The van der Waals surface area contributed by atoms with Crippen molar-refractivity contribution in [1.82, 2.24) is 19.5 Å². The summed E-state index contributed by atoms with van der Waals surface area (Å²) in [6, 6.07) is 8.13. The molecule has 3 aromatic rings. The number of aromatic nitrogens is 4. The minimum absolute atomic E-state index is 0.0287. The number of fused-ring (bicyclic) bond motifs is 1. The van der Waals surface area contributed by atoms with E-state index in [-0.39, 0.29) is 10.2 Å². The van der Waals surface area contributed by atoms with Crippen LogP contribution in [0.15, 0.2) is 30.6 Å². The standard InChI is InChI=1S/C19H24ClFN4OSi/c1-19(2,3)27(4,5)26-14-8-6-7-13(11-14)9-10-25-12-22-15-16(20)23-18(21)24-17(15)25/h6-8,11-12H,9-10H2,1-5H3. The van der Waals surface area contributed by atoms with Crippen molar-refractivity contribution in [2.75, 3.05) is 0 Å². The molecule has 2 aromatic heterocycles. The van der Waals surface area contributed by atoms with Gasteiger partial charge in [0.1, 0.15) is 11.3 Å². The summed E-state index contributed by atoms with van der Waals surface area (Å²) in [6.07, 6.45) is 1.50. The van der Waals surface area contributed by atoms with Gasteiger partial charge in [0.2, 0.25) is 8.32 Å². The molecule has 8 heteroatoms. The van der Waals surface area contributed by atoms with Crippen LogP contribution in [0.4, 0.5) is 4.39 Å². The van der Waals surface area contributed by atoms with Crippen LogP contribution < -0.4 is 4.43 Å². The van der Waals surface area contributed by atoms with Gasteiger partial charge < -0.3 is 8.99 Å². The minimum atomic E-state index is -1.88. The van der Waals surface area contributed by atoms with Gasteiger partial charge in [0.05, 0.1) is 6.33 Å². The first kappa shape index (κ1) is 19.8. The Hall–Kier alpha value is -1.99. The molecule has 27 heavy (non-hydrogen) atoms. The lowest BCUT2D eigenvalue weighted by Gasteiger charge is -2.36. The van der Waals surface area contributed by atoms with Crippen LogP contribution in [0.5, 0.6) is 5.75 Å². The van der Waals surface area contributed by atoms with Gasteiger partial charge in [-0.1, -0.05) is 44.5 Å². The summed E-state index contributed by atoms with van der Waals surface area (Å²) >= 11 is 5.93. The average molecular weight is 407 g/mol. The second kappa shape index (κ2) is 7.20. The zero-order valence-electron chi connectivity index (χ0n) is 16.3. The van der Waals surface area contributed by atoms with E-state index in [0.717, 1.165) is 17.7 Å². The van der Waals surface area contributed by atoms with Gasteiger partial charge in [0, 0.05) is 6.54 Å². The molecule has 144 valence electrons. The first-order valence-electron chi connectivity index (χ1n) is 8.89. The monoisotopic (exact) mass is 406 g/mol. The number of hydrogen-bond acceptors (Lipinski definition) is 4. The molecule has 0 saturated carbocycles. The summed E-state index contributed by atoms with van der Waals surface area (Å²) < 4.78 is 21.6. The van der Waals surface area contributed by atoms with Gasteiger partial charge in [-0.15, -0.1) is 0 Å². The SMILES string of the molecule is CC(C)(C)[Si](C)(C)Oc1cccc(CCn2cnc3c(Cl)nc(F)nc32)c1. The van der Waals surface area contributed by atoms with Crippen LogP contribution in [-0.2, 0) is 13.0 Å². The van der Waals surface area contributed by atoms with Gasteiger partial charge >= 0.3 is 6.08 Å². The Morgan fingerprint density at radius 3 is 2.67 bits per heavy atom. The molecule has 0 radical (unpaired) electrons. The Morgan fingerprint density at radius 2 is 1.96 bits per heavy atom. The van der Waals surface area contributed by atoms with Crippen molar-refractivity contribution in [2.45, 2.75) is 51.9 Å². The van der Waals surface area contributed by atoms with E-state index in [2.05, 4.69) is 60.9 Å². The summed E-state index contributed by atoms with van der Waals surface area (Å²) in [4.78, 5) is 11.5. The smallest absolute Gasteiger partial charge is 0.312 e. The van der Waals surface area contributed by atoms with Gasteiger partial charge in [-0.2, -0.15) is 14.4 Å². The molecule has 5 nitrogen and oxygen atoms in total. The highest BCUT2D eigenvalue weighted by Crippen LogP contribution is 2.37. The number of aryl methyl sites for hydroxylation is 2. The van der Waals surface area contributed by atoms with E-state index in [9.17, 15) is 4.39 Å². The molecule has 0 bridgehead atoms. The normalized spacial score (nSPS) is 12.6. The molecule has 0 atom stereocenters. The molecule has 0 fully saturated rings. The molecule has 1 aromatic carbocycles. The summed E-state index contributed by atoms with van der Waals surface area (Å²) in [5, 5.41) is 0.169. The molecular formula is C19H24ClFN4OSi. The van der Waals surface area contributed by atoms with Crippen molar-refractivity contribution in [2.24, 2.45) is 0 Å². The molecular weight excluding hydrogens is 383 g/mol. The molecule has 0 aliphatic heterocycles. The van der Waals surface area contributed by atoms with E-state index in [4.69, 9.17) is 16.0 Å². The zero-order valence-corrected chi connectivity index (χ0v) is 18.0. The number of benzene rings is 1. The summed E-state index contributed by atoms with van der Waals surface area (Å²) in [5.74, 6) is 0.894. The molecule has 0 aliphatic carbocycles.